The first-order chi connectivity index (χ1) is 13.0. The van der Waals surface area contributed by atoms with E-state index in [0.29, 0.717) is 26.3 Å². The molecule has 0 aromatic heterocycles. The minimum Gasteiger partial charge on any atom is -0.452 e. The molecule has 2 unspecified atom stereocenters. The third kappa shape index (κ3) is 4.47. The number of amides is 2. The van der Waals surface area contributed by atoms with Crippen molar-refractivity contribution in [2.45, 2.75) is 32.8 Å². The predicted molar refractivity (Wildman–Crippen MR) is 99.2 cm³/mol. The Labute approximate surface area is 159 Å². The Hall–Kier alpha value is -2.41. The molecule has 2 aliphatic heterocycles. The van der Waals surface area contributed by atoms with Crippen LogP contribution in [0.15, 0.2) is 24.3 Å². The number of aryl methyl sites for hydroxylation is 1. The first kappa shape index (κ1) is 19.4. The van der Waals surface area contributed by atoms with E-state index in [0.717, 1.165) is 12.1 Å². The number of morpholine rings is 1. The summed E-state index contributed by atoms with van der Waals surface area (Å²) in [4.78, 5) is 40.4. The van der Waals surface area contributed by atoms with Crippen molar-refractivity contribution in [3.05, 3.63) is 29.8 Å². The molecule has 3 rings (SSSR count). The summed E-state index contributed by atoms with van der Waals surface area (Å²) >= 11 is 0. The zero-order valence-electron chi connectivity index (χ0n) is 15.8. The summed E-state index contributed by atoms with van der Waals surface area (Å²) in [5.74, 6) is -1.37. The van der Waals surface area contributed by atoms with Gasteiger partial charge in [0.1, 0.15) is 0 Å². The summed E-state index contributed by atoms with van der Waals surface area (Å²) in [5.41, 5.74) is 1.97. The van der Waals surface area contributed by atoms with E-state index >= 15 is 0 Å². The smallest absolute Gasteiger partial charge is 0.312 e. The van der Waals surface area contributed by atoms with Crippen molar-refractivity contribution in [2.75, 3.05) is 37.7 Å². The Kier molecular flexibility index (Phi) is 6.11. The highest BCUT2D eigenvalue weighted by atomic mass is 16.5. The zero-order chi connectivity index (χ0) is 19.4. The molecule has 0 spiro atoms. The molecule has 1 aromatic carbocycles. The van der Waals surface area contributed by atoms with Gasteiger partial charge in [-0.2, -0.15) is 0 Å². The number of nitrogens with zero attached hydrogens (tertiary/aromatic N) is 2. The highest BCUT2D eigenvalue weighted by molar-refractivity contribution is 5.99. The van der Waals surface area contributed by atoms with Crippen LogP contribution in [-0.4, -0.2) is 61.6 Å². The van der Waals surface area contributed by atoms with Gasteiger partial charge in [0, 0.05) is 31.7 Å². The molecule has 27 heavy (non-hydrogen) atoms. The van der Waals surface area contributed by atoms with E-state index < -0.39 is 18.0 Å². The molecule has 2 fully saturated rings. The quantitative estimate of drug-likeness (QED) is 0.728. The fourth-order valence-corrected chi connectivity index (χ4v) is 3.39. The van der Waals surface area contributed by atoms with Crippen LogP contribution in [0.5, 0.6) is 0 Å². The van der Waals surface area contributed by atoms with E-state index in [2.05, 4.69) is 6.92 Å². The second kappa shape index (κ2) is 8.52. The lowest BCUT2D eigenvalue weighted by molar-refractivity contribution is -0.163. The van der Waals surface area contributed by atoms with Gasteiger partial charge in [-0.3, -0.25) is 14.4 Å². The lowest BCUT2D eigenvalue weighted by atomic mass is 10.1. The molecule has 2 heterocycles. The number of hydrogen-bond acceptors (Lipinski definition) is 5. The van der Waals surface area contributed by atoms with Gasteiger partial charge in [0.25, 0.3) is 5.91 Å². The molecule has 2 amide bonds. The molecule has 0 radical (unpaired) electrons. The van der Waals surface area contributed by atoms with Gasteiger partial charge in [-0.1, -0.05) is 19.1 Å². The average Bonchev–Trinajstić information content (AvgIpc) is 3.10. The normalized spacial score (nSPS) is 21.3. The van der Waals surface area contributed by atoms with Crippen molar-refractivity contribution in [1.82, 2.24) is 4.90 Å². The summed E-state index contributed by atoms with van der Waals surface area (Å²) in [7, 11) is 0. The Morgan fingerprint density at radius 2 is 1.89 bits per heavy atom. The molecular formula is C20H26N2O5. The van der Waals surface area contributed by atoms with E-state index in [1.165, 1.54) is 5.56 Å². The Morgan fingerprint density at radius 3 is 2.52 bits per heavy atom. The molecule has 2 aliphatic rings. The summed E-state index contributed by atoms with van der Waals surface area (Å²) in [5, 5.41) is 0. The maximum absolute atomic E-state index is 12.5. The van der Waals surface area contributed by atoms with Crippen LogP contribution < -0.4 is 4.90 Å². The molecule has 0 saturated carbocycles. The van der Waals surface area contributed by atoms with Crippen molar-refractivity contribution in [3.8, 4) is 0 Å². The number of ether oxygens (including phenoxy) is 2. The average molecular weight is 374 g/mol. The summed E-state index contributed by atoms with van der Waals surface area (Å²) in [6.07, 6.45) is 0.175. The van der Waals surface area contributed by atoms with Gasteiger partial charge < -0.3 is 19.3 Å². The van der Waals surface area contributed by atoms with Crippen LogP contribution in [0.25, 0.3) is 0 Å². The summed E-state index contributed by atoms with van der Waals surface area (Å²) in [6, 6.07) is 7.76. The standard InChI is InChI=1S/C20H26N2O5/c1-3-15-4-6-17(7-5-15)22-13-16(12-18(22)23)20(25)27-14(2)19(24)21-8-10-26-11-9-21/h4-7,14,16H,3,8-13H2,1-2H3. The van der Waals surface area contributed by atoms with Gasteiger partial charge in [-0.05, 0) is 31.0 Å². The Bertz CT molecular complexity index is 697. The molecule has 7 nitrogen and oxygen atoms in total. The van der Waals surface area contributed by atoms with Gasteiger partial charge >= 0.3 is 5.97 Å². The first-order valence-corrected chi connectivity index (χ1v) is 9.46. The van der Waals surface area contributed by atoms with E-state index in [9.17, 15) is 14.4 Å². The maximum Gasteiger partial charge on any atom is 0.312 e. The Balaban J connectivity index is 1.57. The van der Waals surface area contributed by atoms with E-state index in [1.54, 1.807) is 16.7 Å². The van der Waals surface area contributed by atoms with Crippen molar-refractivity contribution in [3.63, 3.8) is 0 Å². The number of hydrogen-bond donors (Lipinski definition) is 0. The molecule has 0 N–H and O–H groups in total. The van der Waals surface area contributed by atoms with Crippen LogP contribution in [-0.2, 0) is 30.3 Å². The Morgan fingerprint density at radius 1 is 1.22 bits per heavy atom. The lowest BCUT2D eigenvalue weighted by Crippen LogP contribution is -2.46. The SMILES string of the molecule is CCc1ccc(N2CC(C(=O)OC(C)C(=O)N3CCOCC3)CC2=O)cc1. The topological polar surface area (TPSA) is 76.2 Å². The minimum absolute atomic E-state index is 0.103. The van der Waals surface area contributed by atoms with Gasteiger partial charge in [-0.15, -0.1) is 0 Å². The third-order valence-electron chi connectivity index (χ3n) is 5.08. The largest absolute Gasteiger partial charge is 0.452 e. The van der Waals surface area contributed by atoms with Crippen molar-refractivity contribution < 1.29 is 23.9 Å². The van der Waals surface area contributed by atoms with Gasteiger partial charge in [0.05, 0.1) is 19.1 Å². The van der Waals surface area contributed by atoms with Crippen LogP contribution in [0.4, 0.5) is 5.69 Å². The van der Waals surface area contributed by atoms with Crippen LogP contribution >= 0.6 is 0 Å². The predicted octanol–water partition coefficient (Wildman–Crippen LogP) is 1.39. The van der Waals surface area contributed by atoms with Crippen LogP contribution in [0, 0.1) is 5.92 Å². The monoisotopic (exact) mass is 374 g/mol. The molecule has 7 heteroatoms. The van der Waals surface area contributed by atoms with E-state index in [1.807, 2.05) is 24.3 Å². The molecule has 0 bridgehead atoms. The van der Waals surface area contributed by atoms with E-state index in [-0.39, 0.29) is 24.8 Å². The van der Waals surface area contributed by atoms with Crippen molar-refractivity contribution in [2.24, 2.45) is 5.92 Å². The number of carbonyl (C=O) groups excluding carboxylic acids is 3. The van der Waals surface area contributed by atoms with Crippen LogP contribution in [0.1, 0.15) is 25.8 Å². The van der Waals surface area contributed by atoms with E-state index in [4.69, 9.17) is 9.47 Å². The van der Waals surface area contributed by atoms with Gasteiger partial charge in [0.15, 0.2) is 6.10 Å². The minimum atomic E-state index is -0.858. The molecule has 2 atom stereocenters. The highest BCUT2D eigenvalue weighted by Gasteiger charge is 2.37. The molecule has 1 aromatic rings. The van der Waals surface area contributed by atoms with Crippen LogP contribution in [0.3, 0.4) is 0 Å². The third-order valence-corrected chi connectivity index (χ3v) is 5.08. The zero-order valence-corrected chi connectivity index (χ0v) is 15.8. The lowest BCUT2D eigenvalue weighted by Gasteiger charge is -2.29. The summed E-state index contributed by atoms with van der Waals surface area (Å²) in [6.45, 7) is 5.93. The molecular weight excluding hydrogens is 348 g/mol. The number of carbonyl (C=O) groups is 3. The summed E-state index contributed by atoms with van der Waals surface area (Å²) < 4.78 is 10.6. The van der Waals surface area contributed by atoms with Crippen molar-refractivity contribution in [1.29, 1.82) is 0 Å². The van der Waals surface area contributed by atoms with Gasteiger partial charge in [0.2, 0.25) is 5.91 Å². The number of benzene rings is 1. The number of rotatable bonds is 5. The molecule has 0 aliphatic carbocycles. The maximum atomic E-state index is 12.5. The number of esters is 1. The molecule has 146 valence electrons. The van der Waals surface area contributed by atoms with Crippen molar-refractivity contribution >= 4 is 23.5 Å². The fraction of sp³-hybridized carbons (Fsp3) is 0.550. The number of anilines is 1. The second-order valence-corrected chi connectivity index (χ2v) is 6.94. The van der Waals surface area contributed by atoms with Gasteiger partial charge in [-0.25, -0.2) is 0 Å². The fourth-order valence-electron chi connectivity index (χ4n) is 3.39. The van der Waals surface area contributed by atoms with Crippen LogP contribution in [0.2, 0.25) is 0 Å². The second-order valence-electron chi connectivity index (χ2n) is 6.94. The first-order valence-electron chi connectivity index (χ1n) is 9.46. The molecule has 2 saturated heterocycles. The highest BCUT2D eigenvalue weighted by Crippen LogP contribution is 2.26.